The van der Waals surface area contributed by atoms with Crippen LogP contribution >= 0.6 is 0 Å². The summed E-state index contributed by atoms with van der Waals surface area (Å²) in [4.78, 5) is 29.0. The van der Waals surface area contributed by atoms with Crippen molar-refractivity contribution >= 4 is 0 Å². The number of piperidine rings is 2. The van der Waals surface area contributed by atoms with Crippen LogP contribution in [0, 0.1) is 13.8 Å². The molecule has 4 fully saturated rings. The van der Waals surface area contributed by atoms with Gasteiger partial charge in [0.25, 0.3) is 0 Å². The number of aliphatic hydroxyl groups excluding tert-OH is 1. The van der Waals surface area contributed by atoms with Crippen LogP contribution in [0.2, 0.25) is 0 Å². The number of aliphatic hydroxyl groups is 1. The molecule has 15 nitrogen and oxygen atoms in total. The number of halogens is 1. The van der Waals surface area contributed by atoms with Gasteiger partial charge in [0.1, 0.15) is 17.8 Å². The molecule has 4 aromatic rings. The fourth-order valence-electron chi connectivity index (χ4n) is 10.1. The number of alkyl halides is 1. The van der Waals surface area contributed by atoms with Gasteiger partial charge in [-0.3, -0.25) is 18.9 Å². The largest absolute Gasteiger partial charge is 0.390 e. The maximum atomic E-state index is 14.9. The van der Waals surface area contributed by atoms with E-state index in [1.807, 2.05) is 24.3 Å². The number of aromatic nitrogens is 6. The second-order valence-corrected chi connectivity index (χ2v) is 17.8. The van der Waals surface area contributed by atoms with E-state index in [1.165, 1.54) is 35.2 Å². The lowest BCUT2D eigenvalue weighted by Gasteiger charge is -2.39. The molecule has 6 heterocycles. The van der Waals surface area contributed by atoms with Crippen molar-refractivity contribution in [1.29, 1.82) is 0 Å². The minimum Gasteiger partial charge on any atom is -0.390 e. The Morgan fingerprint density at radius 1 is 0.613 bits per heavy atom. The van der Waals surface area contributed by atoms with Gasteiger partial charge in [-0.2, -0.15) is 10.2 Å². The number of fused-ring (bicyclic) bond motifs is 4. The molecule has 340 valence electrons. The van der Waals surface area contributed by atoms with Crippen molar-refractivity contribution in [3.05, 3.63) is 103 Å². The van der Waals surface area contributed by atoms with Crippen molar-refractivity contribution < 1.29 is 28.4 Å². The highest BCUT2D eigenvalue weighted by Gasteiger charge is 2.43. The Labute approximate surface area is 364 Å². The number of methoxy groups -OCH3 is 2. The van der Waals surface area contributed by atoms with Crippen molar-refractivity contribution in [2.75, 3.05) is 27.3 Å². The van der Waals surface area contributed by atoms with E-state index in [9.17, 15) is 19.1 Å². The molecule has 0 saturated carbocycles. The third-order valence-electron chi connectivity index (χ3n) is 13.6. The predicted octanol–water partition coefficient (Wildman–Crippen LogP) is 4.20. The van der Waals surface area contributed by atoms with Crippen LogP contribution in [0.15, 0.2) is 58.1 Å². The predicted molar refractivity (Wildman–Crippen MR) is 232 cm³/mol. The Kier molecular flexibility index (Phi) is 15.6. The van der Waals surface area contributed by atoms with Crippen LogP contribution in [0.3, 0.4) is 0 Å². The van der Waals surface area contributed by atoms with Gasteiger partial charge in [0, 0.05) is 65.6 Å². The quantitative estimate of drug-likeness (QED) is 0.154. The number of nitrogens with zero attached hydrogens (tertiary/aromatic N) is 8. The van der Waals surface area contributed by atoms with Gasteiger partial charge in [-0.1, -0.05) is 48.5 Å². The number of aryl methyl sites for hydroxylation is 2. The highest BCUT2D eigenvalue weighted by Crippen LogP contribution is 2.39. The summed E-state index contributed by atoms with van der Waals surface area (Å²) in [5.41, 5.74) is 4.24. The summed E-state index contributed by atoms with van der Waals surface area (Å²) in [6.07, 6.45) is 6.97. The van der Waals surface area contributed by atoms with E-state index in [4.69, 9.17) is 18.9 Å². The van der Waals surface area contributed by atoms with Gasteiger partial charge < -0.3 is 24.1 Å². The zero-order valence-electron chi connectivity index (χ0n) is 37.4. The maximum absolute atomic E-state index is 14.9. The standard InChI is InChI=1S/C23H33FN4O3.C23H34N4O4/c1-16-25-28(23(29)26(16)2)13-19(24)12-27-20-8-9-21(27)11-22(10-20)31-15-18-7-5-4-6-17(18)14-30-3;1-16-24-27(23(29)25(16)2)13-21(28)12-26-19-8-9-20(26)11-22(10-19)31-15-18-7-5-4-6-17(18)14-30-3/h4-7,19-22H,8-15H2,1-3H3;4-7,19-22,28H,8-15H2,1-3H3. The van der Waals surface area contributed by atoms with Gasteiger partial charge in [-0.15, -0.1) is 0 Å². The molecule has 0 aliphatic carbocycles. The highest BCUT2D eigenvalue weighted by atomic mass is 19.1. The molecule has 4 bridgehead atoms. The first kappa shape index (κ1) is 46.0. The number of ether oxygens (including phenoxy) is 4. The highest BCUT2D eigenvalue weighted by molar-refractivity contribution is 5.26. The smallest absolute Gasteiger partial charge is 0.345 e. The van der Waals surface area contributed by atoms with Crippen molar-refractivity contribution in [1.82, 2.24) is 38.5 Å². The van der Waals surface area contributed by atoms with Crippen LogP contribution in [0.1, 0.15) is 85.3 Å². The number of hydrogen-bond acceptors (Lipinski definition) is 11. The zero-order chi connectivity index (χ0) is 43.9. The first-order valence-electron chi connectivity index (χ1n) is 22.3. The minimum absolute atomic E-state index is 0.00661. The molecular formula is C46H67FN8O7. The van der Waals surface area contributed by atoms with E-state index < -0.39 is 12.3 Å². The third kappa shape index (κ3) is 11.0. The topological polar surface area (TPSA) is 143 Å². The summed E-state index contributed by atoms with van der Waals surface area (Å²) < 4.78 is 43.6. The normalized spacial score (nSPS) is 24.6. The Morgan fingerprint density at radius 3 is 1.35 bits per heavy atom. The molecular weight excluding hydrogens is 796 g/mol. The van der Waals surface area contributed by atoms with Crippen molar-refractivity contribution in [2.45, 2.75) is 153 Å². The second-order valence-electron chi connectivity index (χ2n) is 17.8. The van der Waals surface area contributed by atoms with Gasteiger partial charge in [0.15, 0.2) is 0 Å². The van der Waals surface area contributed by atoms with Gasteiger partial charge in [-0.25, -0.2) is 23.3 Å². The number of rotatable bonds is 18. The molecule has 4 saturated heterocycles. The lowest BCUT2D eigenvalue weighted by atomic mass is 9.99. The average molecular weight is 863 g/mol. The first-order valence-corrected chi connectivity index (χ1v) is 22.3. The maximum Gasteiger partial charge on any atom is 0.345 e. The first-order chi connectivity index (χ1) is 29.9. The molecule has 8 rings (SSSR count). The molecule has 0 spiro atoms. The molecule has 16 heteroatoms. The van der Waals surface area contributed by atoms with E-state index in [1.54, 1.807) is 42.2 Å². The molecule has 1 N–H and O–H groups in total. The Bertz CT molecular complexity index is 2010. The van der Waals surface area contributed by atoms with Gasteiger partial charge in [0.2, 0.25) is 0 Å². The minimum atomic E-state index is -1.12. The van der Waals surface area contributed by atoms with Crippen molar-refractivity contribution in [3.8, 4) is 0 Å². The molecule has 0 radical (unpaired) electrons. The van der Waals surface area contributed by atoms with Crippen LogP contribution in [0.4, 0.5) is 4.39 Å². The molecule has 0 amide bonds. The van der Waals surface area contributed by atoms with E-state index in [0.29, 0.717) is 75.3 Å². The SMILES string of the molecule is COCc1ccccc1COC1CC2CCC(C1)N2CC(F)Cn1nc(C)n(C)c1=O.COCc1ccccc1COC1CC2CCC(C1)N2CC(O)Cn1nc(C)n(C)c1=O. The summed E-state index contributed by atoms with van der Waals surface area (Å²) in [6.45, 7) is 7.07. The van der Waals surface area contributed by atoms with E-state index >= 15 is 0 Å². The van der Waals surface area contributed by atoms with E-state index in [0.717, 1.165) is 56.9 Å². The lowest BCUT2D eigenvalue weighted by Crippen LogP contribution is -2.49. The summed E-state index contributed by atoms with van der Waals surface area (Å²) in [5.74, 6) is 1.25. The Morgan fingerprint density at radius 2 is 0.984 bits per heavy atom. The van der Waals surface area contributed by atoms with Crippen LogP contribution in [-0.4, -0.2) is 120 Å². The van der Waals surface area contributed by atoms with Crippen molar-refractivity contribution in [3.63, 3.8) is 0 Å². The van der Waals surface area contributed by atoms with Crippen LogP contribution in [0.25, 0.3) is 0 Å². The number of hydrogen-bond donors (Lipinski definition) is 1. The molecule has 2 aromatic heterocycles. The van der Waals surface area contributed by atoms with Gasteiger partial charge in [-0.05, 0) is 87.5 Å². The summed E-state index contributed by atoms with van der Waals surface area (Å²) >= 11 is 0. The summed E-state index contributed by atoms with van der Waals surface area (Å²) in [7, 11) is 6.78. The van der Waals surface area contributed by atoms with Gasteiger partial charge in [0.05, 0.1) is 57.8 Å². The van der Waals surface area contributed by atoms with Crippen LogP contribution < -0.4 is 11.4 Å². The zero-order valence-corrected chi connectivity index (χ0v) is 37.4. The lowest BCUT2D eigenvalue weighted by molar-refractivity contribution is -0.0406. The van der Waals surface area contributed by atoms with Crippen LogP contribution in [-0.2, 0) is 72.6 Å². The molecule has 2 aromatic carbocycles. The van der Waals surface area contributed by atoms with E-state index in [2.05, 4.69) is 44.3 Å². The monoisotopic (exact) mass is 863 g/mol. The molecule has 6 unspecified atom stereocenters. The fourth-order valence-corrected chi connectivity index (χ4v) is 10.1. The molecule has 4 aliphatic rings. The fraction of sp³-hybridized carbons (Fsp3) is 0.652. The average Bonchev–Trinajstić information content (AvgIpc) is 3.81. The Balaban J connectivity index is 0.000000186. The van der Waals surface area contributed by atoms with Crippen molar-refractivity contribution in [2.24, 2.45) is 14.1 Å². The molecule has 62 heavy (non-hydrogen) atoms. The second kappa shape index (κ2) is 21.1. The Hall–Kier alpha value is -4.03. The molecule has 6 atom stereocenters. The van der Waals surface area contributed by atoms with Crippen LogP contribution in [0.5, 0.6) is 0 Å². The molecule has 4 aliphatic heterocycles. The summed E-state index contributed by atoms with van der Waals surface area (Å²) in [5, 5.41) is 19.1. The number of benzene rings is 2. The van der Waals surface area contributed by atoms with Gasteiger partial charge >= 0.3 is 11.4 Å². The van der Waals surface area contributed by atoms with E-state index in [-0.39, 0.29) is 36.7 Å². The third-order valence-corrected chi connectivity index (χ3v) is 13.6. The summed E-state index contributed by atoms with van der Waals surface area (Å²) in [6, 6.07) is 18.0.